The number of amides is 2. The monoisotopic (exact) mass is 533 g/mol. The third kappa shape index (κ3) is 5.52. The first-order chi connectivity index (χ1) is 15.4. The molecule has 0 unspecified atom stereocenters. The minimum atomic E-state index is -0.546. The molecule has 32 heavy (non-hydrogen) atoms. The molecule has 3 aromatic carbocycles. The van der Waals surface area contributed by atoms with Gasteiger partial charge in [0.2, 0.25) is 5.91 Å². The van der Waals surface area contributed by atoms with Crippen LogP contribution in [0.3, 0.4) is 0 Å². The number of thioether (sulfide) groups is 1. The Morgan fingerprint density at radius 3 is 2.41 bits per heavy atom. The van der Waals surface area contributed by atoms with Crippen molar-refractivity contribution >= 4 is 50.4 Å². The van der Waals surface area contributed by atoms with Crippen LogP contribution in [0.2, 0.25) is 5.02 Å². The molecule has 0 bridgehead atoms. The van der Waals surface area contributed by atoms with Crippen LogP contribution in [-0.2, 0) is 24.4 Å². The summed E-state index contributed by atoms with van der Waals surface area (Å²) < 4.78 is 20.0. The van der Waals surface area contributed by atoms with Crippen LogP contribution in [0.15, 0.2) is 71.2 Å². The first-order valence-corrected chi connectivity index (χ1v) is 11.9. The molecule has 8 heteroatoms. The van der Waals surface area contributed by atoms with Crippen LogP contribution in [0.5, 0.6) is 5.75 Å². The van der Waals surface area contributed by atoms with Crippen molar-refractivity contribution in [2.24, 2.45) is 0 Å². The highest BCUT2D eigenvalue weighted by Crippen LogP contribution is 2.34. The van der Waals surface area contributed by atoms with Crippen LogP contribution in [-0.4, -0.2) is 21.3 Å². The Kier molecular flexibility index (Phi) is 7.18. The zero-order valence-corrected chi connectivity index (χ0v) is 19.9. The standard InChI is InChI=1S/C24H18BrClFNO3S/c25-18-5-10-21(31-14-16-1-6-19(26)7-2-16)17(11-18)12-22-23(29)28(24(30)32-22)13-15-3-8-20(27)9-4-15/h1-11,22H,12-14H2/t22-/m1/s1. The Bertz CT molecular complexity index is 1140. The maximum atomic E-state index is 13.1. The number of hydrogen-bond donors (Lipinski definition) is 0. The van der Waals surface area contributed by atoms with Gasteiger partial charge in [0, 0.05) is 9.50 Å². The summed E-state index contributed by atoms with van der Waals surface area (Å²) in [6.45, 7) is 0.479. The van der Waals surface area contributed by atoms with Gasteiger partial charge >= 0.3 is 0 Å². The average molecular weight is 535 g/mol. The van der Waals surface area contributed by atoms with E-state index in [-0.39, 0.29) is 23.5 Å². The van der Waals surface area contributed by atoms with Gasteiger partial charge < -0.3 is 4.74 Å². The lowest BCUT2D eigenvalue weighted by Gasteiger charge is -2.16. The van der Waals surface area contributed by atoms with E-state index in [4.69, 9.17) is 16.3 Å². The molecule has 1 fully saturated rings. The molecule has 1 heterocycles. The maximum Gasteiger partial charge on any atom is 0.289 e. The van der Waals surface area contributed by atoms with Gasteiger partial charge in [-0.1, -0.05) is 63.6 Å². The molecule has 3 aromatic rings. The molecule has 2 amide bonds. The third-order valence-corrected chi connectivity index (χ3v) is 6.81. The highest BCUT2D eigenvalue weighted by atomic mass is 79.9. The van der Waals surface area contributed by atoms with Crippen LogP contribution in [0.1, 0.15) is 16.7 Å². The molecule has 0 spiro atoms. The second kappa shape index (κ2) is 10.1. The Morgan fingerprint density at radius 2 is 1.69 bits per heavy atom. The fourth-order valence-electron chi connectivity index (χ4n) is 3.33. The van der Waals surface area contributed by atoms with Crippen molar-refractivity contribution in [1.29, 1.82) is 0 Å². The Morgan fingerprint density at radius 1 is 1.00 bits per heavy atom. The molecule has 0 radical (unpaired) electrons. The molecule has 164 valence electrons. The number of benzene rings is 3. The molecule has 4 rings (SSSR count). The van der Waals surface area contributed by atoms with Crippen LogP contribution in [0.25, 0.3) is 0 Å². The molecule has 1 aliphatic rings. The van der Waals surface area contributed by atoms with Gasteiger partial charge in [0.15, 0.2) is 0 Å². The summed E-state index contributed by atoms with van der Waals surface area (Å²) in [4.78, 5) is 26.7. The number of carbonyl (C=O) groups is 2. The molecule has 1 saturated heterocycles. The predicted molar refractivity (Wildman–Crippen MR) is 127 cm³/mol. The Balaban J connectivity index is 1.46. The summed E-state index contributed by atoms with van der Waals surface area (Å²) in [5.74, 6) is 0.0368. The number of rotatable bonds is 7. The van der Waals surface area contributed by atoms with Gasteiger partial charge in [-0.25, -0.2) is 4.39 Å². The molecule has 1 atom stereocenters. The summed E-state index contributed by atoms with van der Waals surface area (Å²) in [6, 6.07) is 18.8. The van der Waals surface area contributed by atoms with E-state index < -0.39 is 5.25 Å². The zero-order chi connectivity index (χ0) is 22.7. The van der Waals surface area contributed by atoms with Crippen LogP contribution in [0.4, 0.5) is 9.18 Å². The van der Waals surface area contributed by atoms with Crippen molar-refractivity contribution < 1.29 is 18.7 Å². The summed E-state index contributed by atoms with van der Waals surface area (Å²) in [5, 5.41) is -0.192. The number of hydrogen-bond acceptors (Lipinski definition) is 4. The predicted octanol–water partition coefficient (Wildman–Crippen LogP) is 6.63. The smallest absolute Gasteiger partial charge is 0.289 e. The molecular weight excluding hydrogens is 517 g/mol. The van der Waals surface area contributed by atoms with E-state index in [0.29, 0.717) is 29.4 Å². The first kappa shape index (κ1) is 22.8. The van der Waals surface area contributed by atoms with Crippen molar-refractivity contribution in [1.82, 2.24) is 4.90 Å². The minimum absolute atomic E-state index is 0.125. The van der Waals surface area contributed by atoms with Gasteiger partial charge in [-0.05, 0) is 65.6 Å². The van der Waals surface area contributed by atoms with Gasteiger partial charge in [-0.15, -0.1) is 0 Å². The lowest BCUT2D eigenvalue weighted by Crippen LogP contribution is -2.31. The van der Waals surface area contributed by atoms with Gasteiger partial charge in [0.1, 0.15) is 18.2 Å². The molecule has 0 N–H and O–H groups in total. The van der Waals surface area contributed by atoms with E-state index in [1.165, 1.54) is 17.0 Å². The topological polar surface area (TPSA) is 46.6 Å². The van der Waals surface area contributed by atoms with E-state index in [1.54, 1.807) is 24.3 Å². The fraction of sp³-hybridized carbons (Fsp3) is 0.167. The number of carbonyl (C=O) groups excluding carboxylic acids is 2. The van der Waals surface area contributed by atoms with E-state index >= 15 is 0 Å². The van der Waals surface area contributed by atoms with Crippen LogP contribution < -0.4 is 4.74 Å². The highest BCUT2D eigenvalue weighted by Gasteiger charge is 2.39. The number of imide groups is 1. The average Bonchev–Trinajstić information content (AvgIpc) is 3.03. The molecule has 0 saturated carbocycles. The van der Waals surface area contributed by atoms with Crippen molar-refractivity contribution in [3.8, 4) is 5.75 Å². The van der Waals surface area contributed by atoms with E-state index in [2.05, 4.69) is 15.9 Å². The molecule has 0 aliphatic carbocycles. The maximum absolute atomic E-state index is 13.1. The number of halogens is 3. The lowest BCUT2D eigenvalue weighted by molar-refractivity contribution is -0.127. The van der Waals surface area contributed by atoms with Gasteiger partial charge in [-0.2, -0.15) is 0 Å². The third-order valence-electron chi connectivity index (χ3n) is 4.99. The van der Waals surface area contributed by atoms with Crippen molar-refractivity contribution in [3.63, 3.8) is 0 Å². The molecular formula is C24H18BrClFNO3S. The van der Waals surface area contributed by atoms with E-state index in [1.807, 2.05) is 30.3 Å². The Labute approximate surface area is 202 Å². The van der Waals surface area contributed by atoms with Crippen molar-refractivity contribution in [3.05, 3.63) is 98.7 Å². The normalized spacial score (nSPS) is 16.0. The van der Waals surface area contributed by atoms with E-state index in [9.17, 15) is 14.0 Å². The van der Waals surface area contributed by atoms with E-state index in [0.717, 1.165) is 27.4 Å². The largest absolute Gasteiger partial charge is 0.489 e. The summed E-state index contributed by atoms with van der Waals surface area (Å²) >= 11 is 10.4. The lowest BCUT2D eigenvalue weighted by atomic mass is 10.1. The first-order valence-electron chi connectivity index (χ1n) is 9.81. The quantitative estimate of drug-likeness (QED) is 0.341. The zero-order valence-electron chi connectivity index (χ0n) is 16.8. The summed E-state index contributed by atoms with van der Waals surface area (Å²) in [6.07, 6.45) is 0.352. The highest BCUT2D eigenvalue weighted by molar-refractivity contribution is 9.10. The minimum Gasteiger partial charge on any atom is -0.489 e. The van der Waals surface area contributed by atoms with Gasteiger partial charge in [0.25, 0.3) is 5.24 Å². The number of ether oxygens (including phenoxy) is 1. The van der Waals surface area contributed by atoms with Gasteiger partial charge in [-0.3, -0.25) is 14.5 Å². The second-order valence-corrected chi connectivity index (χ2v) is 9.80. The SMILES string of the molecule is O=C1S[C@H](Cc2cc(Br)ccc2OCc2ccc(Cl)cc2)C(=O)N1Cc1ccc(F)cc1. The van der Waals surface area contributed by atoms with Crippen LogP contribution in [0, 0.1) is 5.82 Å². The van der Waals surface area contributed by atoms with Crippen molar-refractivity contribution in [2.75, 3.05) is 0 Å². The fourth-order valence-corrected chi connectivity index (χ4v) is 4.88. The summed E-state index contributed by atoms with van der Waals surface area (Å²) in [7, 11) is 0. The molecule has 0 aromatic heterocycles. The van der Waals surface area contributed by atoms with Crippen LogP contribution >= 0.6 is 39.3 Å². The molecule has 4 nitrogen and oxygen atoms in total. The summed E-state index contributed by atoms with van der Waals surface area (Å²) in [5.41, 5.74) is 2.50. The molecule has 1 aliphatic heterocycles. The van der Waals surface area contributed by atoms with Gasteiger partial charge in [0.05, 0.1) is 11.8 Å². The second-order valence-electron chi connectivity index (χ2n) is 7.29. The Hall–Kier alpha value is -2.35. The number of nitrogens with zero attached hydrogens (tertiary/aromatic N) is 1. The van der Waals surface area contributed by atoms with Crippen molar-refractivity contribution in [2.45, 2.75) is 24.8 Å².